The molecule has 0 spiro atoms. The standard InChI is InChI=1S/C14H16O4S2/c1-17-11-7-5-6-9(13(11)18-2)12(16)10(8-15)14(19-3)20-4/h5-8H,1-4H3. The first-order valence-electron chi connectivity index (χ1n) is 5.67. The number of aldehydes is 1. The molecule has 20 heavy (non-hydrogen) atoms. The van der Waals surface area contributed by atoms with Crippen LogP contribution in [0, 0.1) is 0 Å². The molecule has 0 saturated heterocycles. The van der Waals surface area contributed by atoms with Crippen LogP contribution in [0.5, 0.6) is 11.5 Å². The number of benzene rings is 1. The smallest absolute Gasteiger partial charge is 0.201 e. The van der Waals surface area contributed by atoms with Gasteiger partial charge < -0.3 is 9.47 Å². The Balaban J connectivity index is 3.41. The third kappa shape index (κ3) is 3.37. The number of hydrogen-bond donors (Lipinski definition) is 0. The monoisotopic (exact) mass is 312 g/mol. The van der Waals surface area contributed by atoms with E-state index in [-0.39, 0.29) is 11.4 Å². The first kappa shape index (κ1) is 16.7. The Bertz CT molecular complexity index is 532. The number of thioether (sulfide) groups is 2. The van der Waals surface area contributed by atoms with Crippen molar-refractivity contribution in [3.63, 3.8) is 0 Å². The average Bonchev–Trinajstić information content (AvgIpc) is 2.50. The highest BCUT2D eigenvalue weighted by Gasteiger charge is 2.22. The van der Waals surface area contributed by atoms with E-state index in [2.05, 4.69) is 0 Å². The van der Waals surface area contributed by atoms with E-state index in [0.717, 1.165) is 0 Å². The van der Waals surface area contributed by atoms with Crippen LogP contribution >= 0.6 is 23.5 Å². The first-order valence-corrected chi connectivity index (χ1v) is 8.12. The summed E-state index contributed by atoms with van der Waals surface area (Å²) < 4.78 is 11.1. The summed E-state index contributed by atoms with van der Waals surface area (Å²) in [5, 5.41) is 0. The normalized spacial score (nSPS) is 9.80. The molecule has 1 rings (SSSR count). The summed E-state index contributed by atoms with van der Waals surface area (Å²) in [5.41, 5.74) is 0.450. The predicted octanol–water partition coefficient (Wildman–Crippen LogP) is 3.02. The summed E-state index contributed by atoms with van der Waals surface area (Å²) in [6, 6.07) is 5.00. The van der Waals surface area contributed by atoms with Crippen molar-refractivity contribution in [2.45, 2.75) is 0 Å². The Labute approximate surface area is 126 Å². The highest BCUT2D eigenvalue weighted by atomic mass is 32.2. The van der Waals surface area contributed by atoms with Crippen molar-refractivity contribution >= 4 is 35.6 Å². The fourth-order valence-corrected chi connectivity index (χ4v) is 3.10. The maximum Gasteiger partial charge on any atom is 0.201 e. The van der Waals surface area contributed by atoms with E-state index < -0.39 is 0 Å². The SMILES string of the molecule is COc1cccc(C(=O)C(C=O)=C(SC)SC)c1OC. The zero-order valence-electron chi connectivity index (χ0n) is 11.8. The average molecular weight is 312 g/mol. The molecule has 4 nitrogen and oxygen atoms in total. The van der Waals surface area contributed by atoms with Gasteiger partial charge in [0.15, 0.2) is 17.8 Å². The molecule has 0 fully saturated rings. The maximum absolute atomic E-state index is 12.5. The third-order valence-corrected chi connectivity index (χ3v) is 4.78. The van der Waals surface area contributed by atoms with Crippen molar-refractivity contribution < 1.29 is 19.1 Å². The molecule has 0 bridgehead atoms. The maximum atomic E-state index is 12.5. The second-order valence-electron chi connectivity index (χ2n) is 3.60. The van der Waals surface area contributed by atoms with Crippen molar-refractivity contribution in [2.24, 2.45) is 0 Å². The summed E-state index contributed by atoms with van der Waals surface area (Å²) in [4.78, 5) is 23.8. The molecule has 0 radical (unpaired) electrons. The van der Waals surface area contributed by atoms with Crippen molar-refractivity contribution in [3.05, 3.63) is 33.6 Å². The van der Waals surface area contributed by atoms with E-state index >= 15 is 0 Å². The fourth-order valence-electron chi connectivity index (χ4n) is 1.71. The Kier molecular flexibility index (Phi) is 6.67. The van der Waals surface area contributed by atoms with Crippen LogP contribution in [-0.4, -0.2) is 38.8 Å². The lowest BCUT2D eigenvalue weighted by Gasteiger charge is -2.12. The quantitative estimate of drug-likeness (QED) is 0.254. The zero-order valence-corrected chi connectivity index (χ0v) is 13.4. The molecule has 0 amide bonds. The zero-order chi connectivity index (χ0) is 15.1. The van der Waals surface area contributed by atoms with Gasteiger partial charge in [-0.15, -0.1) is 23.5 Å². The van der Waals surface area contributed by atoms with E-state index in [0.29, 0.717) is 27.6 Å². The lowest BCUT2D eigenvalue weighted by atomic mass is 10.0. The molecule has 0 saturated carbocycles. The minimum atomic E-state index is -0.366. The lowest BCUT2D eigenvalue weighted by molar-refractivity contribution is -0.104. The molecule has 6 heteroatoms. The van der Waals surface area contributed by atoms with Crippen LogP contribution < -0.4 is 9.47 Å². The van der Waals surface area contributed by atoms with Gasteiger partial charge in [-0.05, 0) is 24.6 Å². The van der Waals surface area contributed by atoms with E-state index in [1.54, 1.807) is 18.2 Å². The highest BCUT2D eigenvalue weighted by Crippen LogP contribution is 2.34. The van der Waals surface area contributed by atoms with Crippen LogP contribution in [0.3, 0.4) is 0 Å². The summed E-state index contributed by atoms with van der Waals surface area (Å²) in [6.45, 7) is 0. The van der Waals surface area contributed by atoms with Gasteiger partial charge in [-0.3, -0.25) is 9.59 Å². The molecule has 0 heterocycles. The molecule has 0 aliphatic rings. The Morgan fingerprint density at radius 1 is 1.15 bits per heavy atom. The molecule has 0 aliphatic carbocycles. The number of methoxy groups -OCH3 is 2. The van der Waals surface area contributed by atoms with Crippen LogP contribution in [0.15, 0.2) is 28.0 Å². The number of allylic oxidation sites excluding steroid dienone is 1. The predicted molar refractivity (Wildman–Crippen MR) is 84.0 cm³/mol. The van der Waals surface area contributed by atoms with Crippen molar-refractivity contribution in [1.29, 1.82) is 0 Å². The summed E-state index contributed by atoms with van der Waals surface area (Å²) in [5.74, 6) is 0.425. The number of Topliss-reactive ketones (excluding diaryl/α,β-unsaturated/α-hetero) is 1. The van der Waals surface area contributed by atoms with Gasteiger partial charge in [0.25, 0.3) is 0 Å². The Hall–Kier alpha value is -1.40. The van der Waals surface area contributed by atoms with Crippen LogP contribution in [0.4, 0.5) is 0 Å². The number of ketones is 1. The number of para-hydroxylation sites is 1. The van der Waals surface area contributed by atoms with E-state index in [1.807, 2.05) is 12.5 Å². The van der Waals surface area contributed by atoms with Gasteiger partial charge in [0, 0.05) is 0 Å². The van der Waals surface area contributed by atoms with Crippen molar-refractivity contribution in [2.75, 3.05) is 26.7 Å². The molecule has 1 aromatic carbocycles. The van der Waals surface area contributed by atoms with Gasteiger partial charge in [0.2, 0.25) is 5.78 Å². The summed E-state index contributed by atoms with van der Waals surface area (Å²) in [6.07, 6.45) is 4.24. The van der Waals surface area contributed by atoms with Crippen molar-refractivity contribution in [1.82, 2.24) is 0 Å². The van der Waals surface area contributed by atoms with Gasteiger partial charge in [-0.2, -0.15) is 0 Å². The second kappa shape index (κ2) is 8.01. The Morgan fingerprint density at radius 3 is 2.25 bits per heavy atom. The number of carbonyl (C=O) groups excluding carboxylic acids is 2. The summed E-state index contributed by atoms with van der Waals surface area (Å²) >= 11 is 2.73. The van der Waals surface area contributed by atoms with Gasteiger partial charge in [-0.25, -0.2) is 0 Å². The molecule has 0 aliphatic heterocycles. The third-order valence-electron chi connectivity index (χ3n) is 2.60. The van der Waals surface area contributed by atoms with Gasteiger partial charge >= 0.3 is 0 Å². The van der Waals surface area contributed by atoms with E-state index in [4.69, 9.17) is 9.47 Å². The van der Waals surface area contributed by atoms with E-state index in [1.165, 1.54) is 37.7 Å². The number of carbonyl (C=O) groups is 2. The van der Waals surface area contributed by atoms with Crippen LogP contribution in [0.2, 0.25) is 0 Å². The number of rotatable bonds is 7. The molecular formula is C14H16O4S2. The summed E-state index contributed by atoms with van der Waals surface area (Å²) in [7, 11) is 2.96. The second-order valence-corrected chi connectivity index (χ2v) is 5.49. The first-order chi connectivity index (χ1) is 9.64. The molecule has 0 aromatic heterocycles. The fraction of sp³-hybridized carbons (Fsp3) is 0.286. The van der Waals surface area contributed by atoms with Crippen LogP contribution in [-0.2, 0) is 4.79 Å². The molecule has 108 valence electrons. The van der Waals surface area contributed by atoms with Gasteiger partial charge in [-0.1, -0.05) is 6.07 Å². The number of ether oxygens (including phenoxy) is 2. The van der Waals surface area contributed by atoms with Crippen LogP contribution in [0.25, 0.3) is 0 Å². The van der Waals surface area contributed by atoms with E-state index in [9.17, 15) is 9.59 Å². The minimum absolute atomic E-state index is 0.136. The van der Waals surface area contributed by atoms with Gasteiger partial charge in [0.05, 0.1) is 29.6 Å². The molecular weight excluding hydrogens is 296 g/mol. The molecule has 1 aromatic rings. The largest absolute Gasteiger partial charge is 0.493 e. The Morgan fingerprint density at radius 2 is 1.80 bits per heavy atom. The lowest BCUT2D eigenvalue weighted by Crippen LogP contribution is -2.09. The van der Waals surface area contributed by atoms with Crippen LogP contribution in [0.1, 0.15) is 10.4 Å². The van der Waals surface area contributed by atoms with Crippen molar-refractivity contribution in [3.8, 4) is 11.5 Å². The highest BCUT2D eigenvalue weighted by molar-refractivity contribution is 8.21. The number of hydrogen-bond acceptors (Lipinski definition) is 6. The molecule has 0 unspecified atom stereocenters. The molecule has 0 N–H and O–H groups in total. The van der Waals surface area contributed by atoms with Gasteiger partial charge in [0.1, 0.15) is 0 Å². The topological polar surface area (TPSA) is 52.6 Å². The minimum Gasteiger partial charge on any atom is -0.493 e. The molecule has 0 atom stereocenters.